The number of carbonyl (C=O) groups is 2. The van der Waals surface area contributed by atoms with Gasteiger partial charge in [-0.25, -0.2) is 9.59 Å². The highest BCUT2D eigenvalue weighted by atomic mass is 16.7. The summed E-state index contributed by atoms with van der Waals surface area (Å²) in [5.41, 5.74) is -0.284. The predicted molar refractivity (Wildman–Crippen MR) is 134 cm³/mol. The minimum Gasteiger partial charge on any atom is -0.462 e. The molecule has 4 bridgehead atoms. The van der Waals surface area contributed by atoms with Crippen LogP contribution in [0.15, 0.2) is 47.6 Å². The smallest absolute Gasteiger partial charge is 0.331 e. The molecule has 4 aliphatic heterocycles. The monoisotopic (exact) mass is 528 g/mol. The standard InChI is InChI=1S/C29H36O9/c1-16-9-10-28-14-33-24(31)12-17(2)25(32)26-35-18(3)19(36-26)7-5-6-8-23(30)38-20-13-22(37-21(28)11-16)29(15-34-29)27(20,28)4/h5-8,11-12,18-22,25-26,32H,9-10,13-15H2,1-4H3/b7-5-,8-6-,17-12-/t18-,19-,20-,21-,22-,25?,26?,27-,28-,29+/m1/s1. The number of aliphatic hydroxyl groups is 1. The molecule has 6 aliphatic rings. The van der Waals surface area contributed by atoms with Gasteiger partial charge in [-0.2, -0.15) is 0 Å². The van der Waals surface area contributed by atoms with Gasteiger partial charge in [0.05, 0.1) is 30.3 Å². The summed E-state index contributed by atoms with van der Waals surface area (Å²) in [6.45, 7) is 8.24. The number of epoxide rings is 1. The van der Waals surface area contributed by atoms with Gasteiger partial charge in [-0.3, -0.25) is 0 Å². The van der Waals surface area contributed by atoms with Crippen molar-refractivity contribution in [2.24, 2.45) is 10.8 Å². The molecule has 3 saturated heterocycles. The maximum Gasteiger partial charge on any atom is 0.331 e. The molecule has 1 saturated carbocycles. The van der Waals surface area contributed by atoms with Crippen LogP contribution in [0.2, 0.25) is 0 Å². The third kappa shape index (κ3) is 3.78. The third-order valence-electron chi connectivity index (χ3n) is 9.76. The molecule has 1 N–H and O–H groups in total. The minimum atomic E-state index is -1.14. The summed E-state index contributed by atoms with van der Waals surface area (Å²) in [5, 5.41) is 10.8. The van der Waals surface area contributed by atoms with Crippen LogP contribution >= 0.6 is 0 Å². The van der Waals surface area contributed by atoms with Gasteiger partial charge in [-0.05, 0) is 39.2 Å². The van der Waals surface area contributed by atoms with Crippen LogP contribution in [0, 0.1) is 10.8 Å². The molecule has 2 aliphatic carbocycles. The molecule has 2 spiro atoms. The van der Waals surface area contributed by atoms with Crippen LogP contribution < -0.4 is 0 Å². The molecule has 0 radical (unpaired) electrons. The van der Waals surface area contributed by atoms with Crippen molar-refractivity contribution in [3.8, 4) is 0 Å². The second-order valence-corrected chi connectivity index (χ2v) is 11.8. The number of cyclic esters (lactones) is 1. The molecule has 6 rings (SSSR count). The fourth-order valence-corrected chi connectivity index (χ4v) is 7.29. The van der Waals surface area contributed by atoms with Crippen molar-refractivity contribution in [1.29, 1.82) is 0 Å². The maximum absolute atomic E-state index is 13.1. The normalized spacial score (nSPS) is 51.4. The highest BCUT2D eigenvalue weighted by Crippen LogP contribution is 2.72. The number of ether oxygens (including phenoxy) is 6. The van der Waals surface area contributed by atoms with Crippen molar-refractivity contribution >= 4 is 11.9 Å². The Morgan fingerprint density at radius 2 is 1.82 bits per heavy atom. The predicted octanol–water partition coefficient (Wildman–Crippen LogP) is 2.68. The number of fused-ring (bicyclic) bond motifs is 2. The van der Waals surface area contributed by atoms with E-state index in [0.717, 1.165) is 6.42 Å². The SMILES string of the molecule is CC1=C[C@H]2O[C@@H]3C[C@H]4OC(=O)/C=C\C=C/[C@H]5OC(O[C@@H]5C)C(O)/C(C)=C\C(=O)OC[C@@]2(CC1)[C@]4(C)[C@]31CO1. The Morgan fingerprint density at radius 1 is 1.03 bits per heavy atom. The first-order valence-electron chi connectivity index (χ1n) is 13.5. The van der Waals surface area contributed by atoms with E-state index >= 15 is 0 Å². The molecular weight excluding hydrogens is 492 g/mol. The maximum atomic E-state index is 13.1. The lowest BCUT2D eigenvalue weighted by Gasteiger charge is -2.58. The zero-order valence-corrected chi connectivity index (χ0v) is 22.3. The van der Waals surface area contributed by atoms with Crippen LogP contribution in [-0.2, 0) is 38.0 Å². The molecule has 9 heteroatoms. The van der Waals surface area contributed by atoms with Crippen molar-refractivity contribution < 1.29 is 43.1 Å². The number of hydrogen-bond acceptors (Lipinski definition) is 9. The lowest BCUT2D eigenvalue weighted by Crippen LogP contribution is -2.66. The van der Waals surface area contributed by atoms with Crippen LogP contribution in [0.4, 0.5) is 0 Å². The first-order valence-corrected chi connectivity index (χ1v) is 13.5. The number of hydrogen-bond donors (Lipinski definition) is 1. The van der Waals surface area contributed by atoms with Gasteiger partial charge in [0.2, 0.25) is 0 Å². The van der Waals surface area contributed by atoms with Crippen molar-refractivity contribution in [2.45, 2.75) is 95.5 Å². The minimum absolute atomic E-state index is 0.0661. The number of esters is 2. The first kappa shape index (κ1) is 26.0. The van der Waals surface area contributed by atoms with Crippen LogP contribution in [0.1, 0.15) is 47.0 Å². The summed E-state index contributed by atoms with van der Waals surface area (Å²) < 4.78 is 36.4. The first-order chi connectivity index (χ1) is 18.1. The molecule has 10 atom stereocenters. The summed E-state index contributed by atoms with van der Waals surface area (Å²) in [5.74, 6) is -1.03. The summed E-state index contributed by atoms with van der Waals surface area (Å²) in [6.07, 6.45) is 8.09. The number of aliphatic hydroxyl groups excluding tert-OH is 1. The van der Waals surface area contributed by atoms with Gasteiger partial charge < -0.3 is 33.5 Å². The Labute approximate surface area is 222 Å². The number of carbonyl (C=O) groups excluding carboxylic acids is 2. The van der Waals surface area contributed by atoms with Gasteiger partial charge >= 0.3 is 11.9 Å². The zero-order chi connectivity index (χ0) is 26.9. The molecule has 206 valence electrons. The molecule has 4 heterocycles. The molecule has 0 amide bonds. The molecule has 9 nitrogen and oxygen atoms in total. The van der Waals surface area contributed by atoms with Crippen LogP contribution in [0.25, 0.3) is 0 Å². The Hall–Kier alpha value is -2.30. The summed E-state index contributed by atoms with van der Waals surface area (Å²) in [4.78, 5) is 26.0. The fraction of sp³-hybridized carbons (Fsp3) is 0.655. The number of rotatable bonds is 0. The lowest BCUT2D eigenvalue weighted by atomic mass is 9.51. The summed E-state index contributed by atoms with van der Waals surface area (Å²) in [6, 6.07) is 0. The fourth-order valence-electron chi connectivity index (χ4n) is 7.29. The van der Waals surface area contributed by atoms with Crippen LogP contribution in [0.5, 0.6) is 0 Å². The second-order valence-electron chi connectivity index (χ2n) is 11.8. The van der Waals surface area contributed by atoms with Gasteiger partial charge in [0, 0.05) is 24.0 Å². The van der Waals surface area contributed by atoms with E-state index in [0.29, 0.717) is 25.0 Å². The molecule has 2 unspecified atom stereocenters. The number of allylic oxidation sites excluding steroid dienone is 3. The molecule has 0 aromatic heterocycles. The van der Waals surface area contributed by atoms with E-state index in [4.69, 9.17) is 28.4 Å². The van der Waals surface area contributed by atoms with Crippen molar-refractivity contribution in [3.05, 3.63) is 47.6 Å². The third-order valence-corrected chi connectivity index (χ3v) is 9.76. The highest BCUT2D eigenvalue weighted by Gasteiger charge is 2.83. The second kappa shape index (κ2) is 9.13. The van der Waals surface area contributed by atoms with E-state index in [1.807, 2.05) is 6.92 Å². The Balaban J connectivity index is 1.39. The van der Waals surface area contributed by atoms with Gasteiger partial charge in [0.1, 0.15) is 30.5 Å². The quantitative estimate of drug-likeness (QED) is 0.288. The van der Waals surface area contributed by atoms with Crippen LogP contribution in [0.3, 0.4) is 0 Å². The molecule has 4 fully saturated rings. The molecule has 0 aromatic rings. The van der Waals surface area contributed by atoms with E-state index < -0.39 is 53.0 Å². The Morgan fingerprint density at radius 3 is 2.58 bits per heavy atom. The molecule has 38 heavy (non-hydrogen) atoms. The topological polar surface area (TPSA) is 113 Å². The van der Waals surface area contributed by atoms with E-state index in [9.17, 15) is 14.7 Å². The average Bonchev–Trinajstić information content (AvgIpc) is 3.57. The van der Waals surface area contributed by atoms with Crippen molar-refractivity contribution in [1.82, 2.24) is 0 Å². The lowest BCUT2D eigenvalue weighted by molar-refractivity contribution is -0.232. The van der Waals surface area contributed by atoms with Gasteiger partial charge in [0.15, 0.2) is 6.29 Å². The van der Waals surface area contributed by atoms with E-state index in [2.05, 4.69) is 19.9 Å². The summed E-state index contributed by atoms with van der Waals surface area (Å²) in [7, 11) is 0. The Kier molecular flexibility index (Phi) is 6.23. The van der Waals surface area contributed by atoms with Gasteiger partial charge in [-0.15, -0.1) is 0 Å². The highest BCUT2D eigenvalue weighted by molar-refractivity contribution is 5.83. The zero-order valence-electron chi connectivity index (χ0n) is 22.3. The average molecular weight is 529 g/mol. The van der Waals surface area contributed by atoms with Crippen molar-refractivity contribution in [3.63, 3.8) is 0 Å². The molecule has 0 aromatic carbocycles. The van der Waals surface area contributed by atoms with E-state index in [1.165, 1.54) is 17.7 Å². The van der Waals surface area contributed by atoms with Crippen LogP contribution in [-0.4, -0.2) is 78.8 Å². The Bertz CT molecular complexity index is 1130. The van der Waals surface area contributed by atoms with Crippen molar-refractivity contribution in [2.75, 3.05) is 13.2 Å². The van der Waals surface area contributed by atoms with Gasteiger partial charge in [0.25, 0.3) is 0 Å². The largest absolute Gasteiger partial charge is 0.462 e. The van der Waals surface area contributed by atoms with E-state index in [-0.39, 0.29) is 24.9 Å². The summed E-state index contributed by atoms with van der Waals surface area (Å²) >= 11 is 0. The van der Waals surface area contributed by atoms with E-state index in [1.54, 1.807) is 25.2 Å². The molecular formula is C29H36O9. The van der Waals surface area contributed by atoms with Gasteiger partial charge in [-0.1, -0.05) is 36.8 Å².